The fraction of sp³-hybridized carbons (Fsp3) is 0.235. The predicted molar refractivity (Wildman–Crippen MR) is 88.3 cm³/mol. The standard InChI is InChI=1S/C17H17BrN2O/c1-2-20-15(9-12-5-4-8-19-11-12)16-10-13-6-3-7-14(18)17(13)21-16/h3-8,10-11,15,20H,2,9H2,1H3. The van der Waals surface area contributed by atoms with Crippen LogP contribution in [-0.2, 0) is 6.42 Å². The third kappa shape index (κ3) is 3.17. The minimum atomic E-state index is 0.151. The Morgan fingerprint density at radius 3 is 2.90 bits per heavy atom. The van der Waals surface area contributed by atoms with Gasteiger partial charge in [-0.15, -0.1) is 0 Å². The van der Waals surface area contributed by atoms with E-state index < -0.39 is 0 Å². The summed E-state index contributed by atoms with van der Waals surface area (Å²) >= 11 is 3.54. The van der Waals surface area contributed by atoms with Gasteiger partial charge in [0.05, 0.1) is 10.5 Å². The first-order chi connectivity index (χ1) is 10.3. The summed E-state index contributed by atoms with van der Waals surface area (Å²) < 4.78 is 7.04. The Morgan fingerprint density at radius 1 is 1.29 bits per heavy atom. The van der Waals surface area contributed by atoms with Gasteiger partial charge in [-0.1, -0.05) is 25.1 Å². The van der Waals surface area contributed by atoms with E-state index in [1.165, 1.54) is 5.56 Å². The molecule has 3 nitrogen and oxygen atoms in total. The van der Waals surface area contributed by atoms with E-state index in [2.05, 4.69) is 51.4 Å². The van der Waals surface area contributed by atoms with Crippen LogP contribution in [0.1, 0.15) is 24.3 Å². The maximum atomic E-state index is 6.06. The fourth-order valence-corrected chi connectivity index (χ4v) is 2.96. The third-order valence-electron chi connectivity index (χ3n) is 3.47. The summed E-state index contributed by atoms with van der Waals surface area (Å²) in [7, 11) is 0. The molecule has 2 aromatic heterocycles. The van der Waals surface area contributed by atoms with Crippen LogP contribution in [0.25, 0.3) is 11.0 Å². The van der Waals surface area contributed by atoms with Crippen LogP contribution >= 0.6 is 15.9 Å². The van der Waals surface area contributed by atoms with Crippen LogP contribution in [0.5, 0.6) is 0 Å². The van der Waals surface area contributed by atoms with Crippen molar-refractivity contribution in [2.24, 2.45) is 0 Å². The van der Waals surface area contributed by atoms with E-state index in [0.29, 0.717) is 0 Å². The summed E-state index contributed by atoms with van der Waals surface area (Å²) in [6, 6.07) is 12.4. The fourth-order valence-electron chi connectivity index (χ4n) is 2.49. The second-order valence-corrected chi connectivity index (χ2v) is 5.84. The minimum absolute atomic E-state index is 0.151. The lowest BCUT2D eigenvalue weighted by Gasteiger charge is -2.15. The van der Waals surface area contributed by atoms with Gasteiger partial charge in [0.2, 0.25) is 0 Å². The van der Waals surface area contributed by atoms with Crippen molar-refractivity contribution in [2.75, 3.05) is 6.54 Å². The van der Waals surface area contributed by atoms with Crippen LogP contribution in [0.3, 0.4) is 0 Å². The number of hydrogen-bond donors (Lipinski definition) is 1. The second kappa shape index (κ2) is 6.41. The molecule has 0 saturated heterocycles. The van der Waals surface area contributed by atoms with Gasteiger partial charge in [0, 0.05) is 17.8 Å². The Kier molecular flexibility index (Phi) is 4.36. The van der Waals surface area contributed by atoms with Gasteiger partial charge in [-0.05, 0) is 52.7 Å². The van der Waals surface area contributed by atoms with Gasteiger partial charge in [0.25, 0.3) is 0 Å². The van der Waals surface area contributed by atoms with Crippen molar-refractivity contribution in [3.8, 4) is 0 Å². The molecule has 4 heteroatoms. The molecule has 0 aliphatic rings. The van der Waals surface area contributed by atoms with E-state index in [-0.39, 0.29) is 6.04 Å². The summed E-state index contributed by atoms with van der Waals surface area (Å²) in [5.41, 5.74) is 2.10. The van der Waals surface area contributed by atoms with Crippen LogP contribution in [0.2, 0.25) is 0 Å². The monoisotopic (exact) mass is 344 g/mol. The van der Waals surface area contributed by atoms with Gasteiger partial charge in [-0.25, -0.2) is 0 Å². The largest absolute Gasteiger partial charge is 0.458 e. The van der Waals surface area contributed by atoms with Crippen molar-refractivity contribution in [2.45, 2.75) is 19.4 Å². The van der Waals surface area contributed by atoms with Gasteiger partial charge in [0.1, 0.15) is 11.3 Å². The van der Waals surface area contributed by atoms with E-state index >= 15 is 0 Å². The summed E-state index contributed by atoms with van der Waals surface area (Å²) in [6.45, 7) is 3.00. The molecule has 108 valence electrons. The first-order valence-electron chi connectivity index (χ1n) is 7.08. The Balaban J connectivity index is 1.93. The molecule has 0 bridgehead atoms. The summed E-state index contributed by atoms with van der Waals surface area (Å²) in [5.74, 6) is 0.961. The quantitative estimate of drug-likeness (QED) is 0.741. The molecule has 3 rings (SSSR count). The first kappa shape index (κ1) is 14.3. The highest BCUT2D eigenvalue weighted by Gasteiger charge is 2.17. The number of benzene rings is 1. The Morgan fingerprint density at radius 2 is 2.19 bits per heavy atom. The number of likely N-dealkylation sites (N-methyl/N-ethyl adjacent to an activating group) is 1. The molecule has 0 aliphatic heterocycles. The van der Waals surface area contributed by atoms with Gasteiger partial charge in [-0.3, -0.25) is 4.98 Å². The number of para-hydroxylation sites is 1. The molecule has 2 heterocycles. The second-order valence-electron chi connectivity index (χ2n) is 4.98. The normalized spacial score (nSPS) is 12.7. The van der Waals surface area contributed by atoms with Crippen molar-refractivity contribution in [1.82, 2.24) is 10.3 Å². The number of halogens is 1. The third-order valence-corrected chi connectivity index (χ3v) is 4.10. The zero-order valence-electron chi connectivity index (χ0n) is 11.8. The maximum Gasteiger partial charge on any atom is 0.148 e. The number of pyridine rings is 1. The lowest BCUT2D eigenvalue weighted by atomic mass is 10.1. The Hall–Kier alpha value is -1.65. The molecule has 3 aromatic rings. The van der Waals surface area contributed by atoms with Crippen LogP contribution < -0.4 is 5.32 Å². The molecule has 0 spiro atoms. The van der Waals surface area contributed by atoms with E-state index in [0.717, 1.165) is 34.2 Å². The van der Waals surface area contributed by atoms with Crippen LogP contribution in [0, 0.1) is 0 Å². The van der Waals surface area contributed by atoms with Crippen molar-refractivity contribution in [3.05, 3.63) is 64.6 Å². The van der Waals surface area contributed by atoms with Crippen molar-refractivity contribution < 1.29 is 4.42 Å². The average Bonchev–Trinajstić information content (AvgIpc) is 2.93. The van der Waals surface area contributed by atoms with Gasteiger partial charge in [-0.2, -0.15) is 0 Å². The highest BCUT2D eigenvalue weighted by atomic mass is 79.9. The highest BCUT2D eigenvalue weighted by molar-refractivity contribution is 9.10. The molecule has 0 aliphatic carbocycles. The van der Waals surface area contributed by atoms with E-state index in [4.69, 9.17) is 4.42 Å². The summed E-state index contributed by atoms with van der Waals surface area (Å²) in [6.07, 6.45) is 4.56. The Labute approximate surface area is 132 Å². The average molecular weight is 345 g/mol. The number of rotatable bonds is 5. The molecule has 1 N–H and O–H groups in total. The summed E-state index contributed by atoms with van der Waals surface area (Å²) in [4.78, 5) is 4.18. The number of nitrogens with one attached hydrogen (secondary N) is 1. The zero-order valence-corrected chi connectivity index (χ0v) is 13.4. The van der Waals surface area contributed by atoms with Crippen molar-refractivity contribution in [3.63, 3.8) is 0 Å². The van der Waals surface area contributed by atoms with Crippen LogP contribution in [0.4, 0.5) is 0 Å². The molecule has 0 saturated carbocycles. The van der Waals surface area contributed by atoms with Crippen LogP contribution in [-0.4, -0.2) is 11.5 Å². The molecule has 0 radical (unpaired) electrons. The topological polar surface area (TPSA) is 38.1 Å². The molecule has 0 amide bonds. The lowest BCUT2D eigenvalue weighted by molar-refractivity contribution is 0.434. The van der Waals surface area contributed by atoms with E-state index in [9.17, 15) is 0 Å². The lowest BCUT2D eigenvalue weighted by Crippen LogP contribution is -2.22. The molecule has 0 fully saturated rings. The van der Waals surface area contributed by atoms with Gasteiger partial charge in [0.15, 0.2) is 0 Å². The number of furan rings is 1. The molecular formula is C17H17BrN2O. The van der Waals surface area contributed by atoms with E-state index in [1.54, 1.807) is 6.20 Å². The maximum absolute atomic E-state index is 6.06. The molecule has 21 heavy (non-hydrogen) atoms. The molecule has 1 aromatic carbocycles. The highest BCUT2D eigenvalue weighted by Crippen LogP contribution is 2.30. The van der Waals surface area contributed by atoms with Gasteiger partial charge >= 0.3 is 0 Å². The van der Waals surface area contributed by atoms with Crippen LogP contribution in [0.15, 0.2) is 57.7 Å². The number of hydrogen-bond acceptors (Lipinski definition) is 3. The zero-order chi connectivity index (χ0) is 14.7. The first-order valence-corrected chi connectivity index (χ1v) is 7.87. The predicted octanol–water partition coefficient (Wildman–Crippen LogP) is 4.48. The SMILES string of the molecule is CCNC(Cc1cccnc1)c1cc2cccc(Br)c2o1. The molecule has 1 atom stereocenters. The summed E-state index contributed by atoms with van der Waals surface area (Å²) in [5, 5.41) is 4.61. The minimum Gasteiger partial charge on any atom is -0.458 e. The molecule has 1 unspecified atom stereocenters. The van der Waals surface area contributed by atoms with Crippen molar-refractivity contribution in [1.29, 1.82) is 0 Å². The number of nitrogens with zero attached hydrogens (tertiary/aromatic N) is 1. The smallest absolute Gasteiger partial charge is 0.148 e. The van der Waals surface area contributed by atoms with Gasteiger partial charge < -0.3 is 9.73 Å². The number of aromatic nitrogens is 1. The van der Waals surface area contributed by atoms with Crippen molar-refractivity contribution >= 4 is 26.9 Å². The number of fused-ring (bicyclic) bond motifs is 1. The van der Waals surface area contributed by atoms with E-state index in [1.807, 2.05) is 24.4 Å². The molecular weight excluding hydrogens is 328 g/mol. The Bertz CT molecular complexity index is 724.